The van der Waals surface area contributed by atoms with E-state index < -0.39 is 0 Å². The molecule has 0 fully saturated rings. The number of nitrogens with zero attached hydrogens (tertiary/aromatic N) is 1. The Morgan fingerprint density at radius 1 is 1.03 bits per heavy atom. The Bertz CT molecular complexity index is 1260. The number of nitrogen functional groups attached to an aromatic ring is 1. The number of hydrogen-bond donors (Lipinski definition) is 5. The van der Waals surface area contributed by atoms with Crippen molar-refractivity contribution >= 4 is 28.1 Å². The number of benzene rings is 3. The van der Waals surface area contributed by atoms with Gasteiger partial charge in [0.05, 0.1) is 12.1 Å². The Morgan fingerprint density at radius 3 is 2.51 bits per heavy atom. The highest BCUT2D eigenvalue weighted by atomic mass is 32.1. The van der Waals surface area contributed by atoms with Crippen molar-refractivity contribution < 1.29 is 15.0 Å². The molecule has 1 aromatic heterocycles. The van der Waals surface area contributed by atoms with Gasteiger partial charge in [-0.1, -0.05) is 42.5 Å². The Kier molecular flexibility index (Phi) is 7.97. The van der Waals surface area contributed by atoms with Crippen LogP contribution >= 0.6 is 11.3 Å². The summed E-state index contributed by atoms with van der Waals surface area (Å²) >= 11 is 1.32. The van der Waals surface area contributed by atoms with E-state index in [1.165, 1.54) is 23.5 Å². The van der Waals surface area contributed by atoms with Crippen LogP contribution in [0.1, 0.15) is 28.3 Å². The van der Waals surface area contributed by atoms with Crippen LogP contribution in [-0.2, 0) is 17.6 Å². The third-order valence-corrected chi connectivity index (χ3v) is 6.40. The van der Waals surface area contributed by atoms with E-state index in [4.69, 9.17) is 5.73 Å². The van der Waals surface area contributed by atoms with Crippen LogP contribution in [-0.4, -0.2) is 34.2 Å². The van der Waals surface area contributed by atoms with Crippen LogP contribution in [0.3, 0.4) is 0 Å². The van der Waals surface area contributed by atoms with Crippen molar-refractivity contribution in [3.05, 3.63) is 101 Å². The van der Waals surface area contributed by atoms with E-state index in [9.17, 15) is 15.0 Å². The van der Waals surface area contributed by atoms with Gasteiger partial charge in [0.15, 0.2) is 5.13 Å². The summed E-state index contributed by atoms with van der Waals surface area (Å²) in [6, 6.07) is 22.3. The second-order valence-electron chi connectivity index (χ2n) is 8.26. The van der Waals surface area contributed by atoms with Crippen LogP contribution in [0.25, 0.3) is 0 Å². The maximum absolute atomic E-state index is 12.2. The lowest BCUT2D eigenvalue weighted by Crippen LogP contribution is -2.24. The Morgan fingerprint density at radius 2 is 1.80 bits per heavy atom. The molecule has 0 saturated heterocycles. The van der Waals surface area contributed by atoms with E-state index in [2.05, 4.69) is 15.6 Å². The molecule has 6 N–H and O–H groups in total. The number of aromatic nitrogens is 1. The van der Waals surface area contributed by atoms with Crippen molar-refractivity contribution in [1.82, 2.24) is 10.3 Å². The van der Waals surface area contributed by atoms with Gasteiger partial charge in [0.25, 0.3) is 0 Å². The van der Waals surface area contributed by atoms with Crippen LogP contribution in [0.2, 0.25) is 0 Å². The standard InChI is InChI=1S/C27H28N4O3S/c28-27-31-21(17-35-27)14-26(34)30-20-8-6-18(7-9-20)12-13-29-16-24(19-4-2-1-3-5-19)23-15-22(32)10-11-25(23)33/h1-11,15,17,24,29,32-33H,12-14,16H2,(H2,28,31)(H,30,34)/t24-/m1/s1. The molecule has 1 amide bonds. The highest BCUT2D eigenvalue weighted by Crippen LogP contribution is 2.33. The van der Waals surface area contributed by atoms with E-state index >= 15 is 0 Å². The van der Waals surface area contributed by atoms with Crippen molar-refractivity contribution in [2.24, 2.45) is 0 Å². The average molecular weight is 489 g/mol. The molecule has 0 saturated carbocycles. The molecule has 3 aromatic carbocycles. The topological polar surface area (TPSA) is 120 Å². The normalized spacial score (nSPS) is 11.8. The fraction of sp³-hybridized carbons (Fsp3) is 0.185. The lowest BCUT2D eigenvalue weighted by molar-refractivity contribution is -0.115. The molecular formula is C27H28N4O3S. The SMILES string of the molecule is Nc1nc(CC(=O)Nc2ccc(CCNC[C@H](c3ccccc3)c3cc(O)ccc3O)cc2)cs1. The summed E-state index contributed by atoms with van der Waals surface area (Å²) in [5, 5.41) is 28.9. The van der Waals surface area contributed by atoms with Gasteiger partial charge in [-0.05, 0) is 54.4 Å². The summed E-state index contributed by atoms with van der Waals surface area (Å²) in [7, 11) is 0. The molecule has 0 bridgehead atoms. The minimum absolute atomic E-state index is 0.103. The average Bonchev–Trinajstić information content (AvgIpc) is 3.26. The number of aromatic hydroxyl groups is 2. The lowest BCUT2D eigenvalue weighted by atomic mass is 9.90. The molecule has 0 spiro atoms. The second-order valence-corrected chi connectivity index (χ2v) is 9.15. The van der Waals surface area contributed by atoms with Gasteiger partial charge in [-0.25, -0.2) is 4.98 Å². The van der Waals surface area contributed by atoms with Gasteiger partial charge < -0.3 is 26.6 Å². The number of hydrogen-bond acceptors (Lipinski definition) is 7. The zero-order chi connectivity index (χ0) is 24.6. The number of thiazole rings is 1. The van der Waals surface area contributed by atoms with E-state index in [0.29, 0.717) is 22.9 Å². The monoisotopic (exact) mass is 488 g/mol. The largest absolute Gasteiger partial charge is 0.508 e. The molecule has 8 heteroatoms. The minimum Gasteiger partial charge on any atom is -0.508 e. The van der Waals surface area contributed by atoms with Crippen molar-refractivity contribution in [3.63, 3.8) is 0 Å². The number of nitrogens with one attached hydrogen (secondary N) is 2. The van der Waals surface area contributed by atoms with Crippen molar-refractivity contribution in [2.45, 2.75) is 18.8 Å². The molecule has 35 heavy (non-hydrogen) atoms. The van der Waals surface area contributed by atoms with Gasteiger partial charge in [-0.15, -0.1) is 11.3 Å². The minimum atomic E-state index is -0.133. The molecule has 1 atom stereocenters. The fourth-order valence-electron chi connectivity index (χ4n) is 3.92. The maximum atomic E-state index is 12.2. The van der Waals surface area contributed by atoms with Crippen LogP contribution < -0.4 is 16.4 Å². The molecule has 4 rings (SSSR count). The molecule has 0 aliphatic rings. The van der Waals surface area contributed by atoms with Crippen molar-refractivity contribution in [3.8, 4) is 11.5 Å². The summed E-state index contributed by atoms with van der Waals surface area (Å²) in [6.07, 6.45) is 0.997. The smallest absolute Gasteiger partial charge is 0.230 e. The van der Waals surface area contributed by atoms with Crippen LogP contribution in [0.5, 0.6) is 11.5 Å². The predicted octanol–water partition coefficient (Wildman–Crippen LogP) is 4.28. The third kappa shape index (κ3) is 6.81. The van der Waals surface area contributed by atoms with Gasteiger partial charge in [0, 0.05) is 29.1 Å². The molecular weight excluding hydrogens is 460 g/mol. The van der Waals surface area contributed by atoms with E-state index in [-0.39, 0.29) is 29.7 Å². The maximum Gasteiger partial charge on any atom is 0.230 e. The van der Waals surface area contributed by atoms with Gasteiger partial charge in [-0.3, -0.25) is 4.79 Å². The molecule has 0 aliphatic carbocycles. The van der Waals surface area contributed by atoms with Gasteiger partial charge in [-0.2, -0.15) is 0 Å². The molecule has 1 heterocycles. The Balaban J connectivity index is 1.30. The van der Waals surface area contributed by atoms with Gasteiger partial charge >= 0.3 is 0 Å². The number of amides is 1. The number of phenols is 2. The summed E-state index contributed by atoms with van der Waals surface area (Å²) in [4.78, 5) is 16.3. The molecule has 4 aromatic rings. The first-order chi connectivity index (χ1) is 17.0. The van der Waals surface area contributed by atoms with Crippen LogP contribution in [0.4, 0.5) is 10.8 Å². The van der Waals surface area contributed by atoms with Gasteiger partial charge in [0.2, 0.25) is 5.91 Å². The van der Waals surface area contributed by atoms with Gasteiger partial charge in [0.1, 0.15) is 11.5 Å². The summed E-state index contributed by atoms with van der Waals surface area (Å²) in [5.41, 5.74) is 9.89. The zero-order valence-corrected chi connectivity index (χ0v) is 20.0. The van der Waals surface area contributed by atoms with Crippen molar-refractivity contribution in [1.29, 1.82) is 0 Å². The fourth-order valence-corrected chi connectivity index (χ4v) is 4.48. The van der Waals surface area contributed by atoms with E-state index in [0.717, 1.165) is 29.8 Å². The van der Waals surface area contributed by atoms with E-state index in [1.807, 2.05) is 54.6 Å². The second kappa shape index (κ2) is 11.5. The number of nitrogens with two attached hydrogens (primary N) is 1. The molecule has 7 nitrogen and oxygen atoms in total. The molecule has 0 unspecified atom stereocenters. The Hall–Kier alpha value is -3.88. The molecule has 0 radical (unpaired) electrons. The first-order valence-electron chi connectivity index (χ1n) is 11.3. The first-order valence-corrected chi connectivity index (χ1v) is 12.2. The highest BCUT2D eigenvalue weighted by Gasteiger charge is 2.18. The van der Waals surface area contributed by atoms with E-state index in [1.54, 1.807) is 11.4 Å². The van der Waals surface area contributed by atoms with Crippen molar-refractivity contribution in [2.75, 3.05) is 24.1 Å². The predicted molar refractivity (Wildman–Crippen MR) is 140 cm³/mol. The first kappa shape index (κ1) is 24.3. The lowest BCUT2D eigenvalue weighted by Gasteiger charge is -2.20. The summed E-state index contributed by atoms with van der Waals surface area (Å²) in [6.45, 7) is 1.34. The Labute approximate surface area is 208 Å². The molecule has 180 valence electrons. The number of phenolic OH excluding ortho intramolecular Hbond substituents is 2. The quantitative estimate of drug-likeness (QED) is 0.168. The highest BCUT2D eigenvalue weighted by molar-refractivity contribution is 7.13. The summed E-state index contributed by atoms with van der Waals surface area (Å²) in [5.74, 6) is 0.0526. The number of carbonyl (C=O) groups excluding carboxylic acids is 1. The van der Waals surface area contributed by atoms with Crippen LogP contribution in [0.15, 0.2) is 78.2 Å². The number of rotatable bonds is 10. The number of anilines is 2. The summed E-state index contributed by atoms with van der Waals surface area (Å²) < 4.78 is 0. The van der Waals surface area contributed by atoms with Crippen LogP contribution in [0, 0.1) is 0 Å². The number of carbonyl (C=O) groups is 1. The molecule has 0 aliphatic heterocycles. The zero-order valence-electron chi connectivity index (χ0n) is 19.1. The third-order valence-electron chi connectivity index (χ3n) is 5.68.